The molecule has 3 heterocycles. The largest absolute Gasteiger partial charge is 0.497 e. The van der Waals surface area contributed by atoms with Gasteiger partial charge in [-0.05, 0) is 50.4 Å². The van der Waals surface area contributed by atoms with E-state index in [1.165, 1.54) is 14.0 Å². The number of nitrogens with zero attached hydrogens (tertiary/aromatic N) is 2. The van der Waals surface area contributed by atoms with E-state index in [9.17, 15) is 14.7 Å². The van der Waals surface area contributed by atoms with Crippen LogP contribution in [0.15, 0.2) is 18.2 Å². The van der Waals surface area contributed by atoms with Crippen LogP contribution in [0.3, 0.4) is 0 Å². The van der Waals surface area contributed by atoms with Gasteiger partial charge in [0.25, 0.3) is 0 Å². The summed E-state index contributed by atoms with van der Waals surface area (Å²) in [5.41, 5.74) is -1.06. The number of hydrogen-bond acceptors (Lipinski definition) is 8. The Morgan fingerprint density at radius 3 is 2.58 bits per heavy atom. The number of fused-ring (bicyclic) bond motifs is 1. The summed E-state index contributed by atoms with van der Waals surface area (Å²) in [6.07, 6.45) is 2.16. The van der Waals surface area contributed by atoms with Crippen LogP contribution < -0.4 is 9.64 Å². The Kier molecular flexibility index (Phi) is 5.00. The molecule has 4 aliphatic rings. The SMILES string of the molecule is CC[C@]12CCCN3CCC4(c5ccc(OC)cc5N(C)[C@H]4[C@@](O)(C(=O)OC)[C@@H]1OC(C)=O)[C@@H]32. The maximum absolute atomic E-state index is 13.5. The van der Waals surface area contributed by atoms with Crippen LogP contribution in [0.4, 0.5) is 5.69 Å². The highest BCUT2D eigenvalue weighted by molar-refractivity contribution is 5.86. The normalized spacial score (nSPS) is 38.8. The van der Waals surface area contributed by atoms with Crippen molar-refractivity contribution in [3.63, 3.8) is 0 Å². The maximum Gasteiger partial charge on any atom is 0.344 e. The molecule has 1 aromatic carbocycles. The molecule has 0 amide bonds. The van der Waals surface area contributed by atoms with E-state index in [4.69, 9.17) is 14.2 Å². The lowest BCUT2D eigenvalue weighted by Crippen LogP contribution is -2.82. The molecule has 8 heteroatoms. The van der Waals surface area contributed by atoms with Gasteiger partial charge in [-0.15, -0.1) is 0 Å². The molecule has 1 saturated carbocycles. The molecule has 180 valence electrons. The molecule has 0 radical (unpaired) electrons. The molecule has 8 nitrogen and oxygen atoms in total. The molecular weight excluding hydrogens is 424 g/mol. The molecule has 33 heavy (non-hydrogen) atoms. The van der Waals surface area contributed by atoms with E-state index < -0.39 is 40.5 Å². The van der Waals surface area contributed by atoms with Gasteiger partial charge in [-0.2, -0.15) is 0 Å². The van der Waals surface area contributed by atoms with Gasteiger partial charge in [0.15, 0.2) is 6.10 Å². The number of aliphatic hydroxyl groups is 1. The van der Waals surface area contributed by atoms with Crippen LogP contribution in [-0.4, -0.2) is 80.1 Å². The number of hydrogen-bond donors (Lipinski definition) is 1. The number of methoxy groups -OCH3 is 2. The second kappa shape index (κ2) is 7.34. The topological polar surface area (TPSA) is 88.5 Å². The van der Waals surface area contributed by atoms with E-state index in [1.807, 2.05) is 24.1 Å². The Labute approximate surface area is 194 Å². The third-order valence-electron chi connectivity index (χ3n) is 9.05. The molecule has 3 fully saturated rings. The average Bonchev–Trinajstić information content (AvgIpc) is 3.32. The summed E-state index contributed by atoms with van der Waals surface area (Å²) in [5.74, 6) is -0.535. The van der Waals surface area contributed by atoms with Gasteiger partial charge >= 0.3 is 11.9 Å². The van der Waals surface area contributed by atoms with Crippen LogP contribution in [0, 0.1) is 5.41 Å². The molecule has 1 aromatic rings. The summed E-state index contributed by atoms with van der Waals surface area (Å²) in [6, 6.07) is 5.41. The van der Waals surface area contributed by atoms with Crippen molar-refractivity contribution in [1.29, 1.82) is 0 Å². The molecule has 0 aromatic heterocycles. The fourth-order valence-electron chi connectivity index (χ4n) is 8.16. The van der Waals surface area contributed by atoms with Crippen molar-refractivity contribution in [2.45, 2.75) is 68.7 Å². The summed E-state index contributed by atoms with van der Waals surface area (Å²) in [4.78, 5) is 30.4. The second-order valence-electron chi connectivity index (χ2n) is 10.1. The highest BCUT2D eigenvalue weighted by atomic mass is 16.6. The molecule has 6 atom stereocenters. The molecule has 1 N–H and O–H groups in total. The summed E-state index contributed by atoms with van der Waals surface area (Å²) in [6.45, 7) is 5.25. The average molecular weight is 459 g/mol. The lowest BCUT2D eigenvalue weighted by Gasteiger charge is -2.65. The van der Waals surface area contributed by atoms with Crippen molar-refractivity contribution in [2.75, 3.05) is 39.3 Å². The van der Waals surface area contributed by atoms with Gasteiger partial charge in [-0.3, -0.25) is 9.69 Å². The first-order valence-corrected chi connectivity index (χ1v) is 11.9. The number of esters is 2. The quantitative estimate of drug-likeness (QED) is 0.684. The zero-order valence-corrected chi connectivity index (χ0v) is 20.1. The molecular formula is C25H34N2O6. The van der Waals surface area contributed by atoms with E-state index in [-0.39, 0.29) is 6.04 Å². The smallest absolute Gasteiger partial charge is 0.344 e. The fourth-order valence-corrected chi connectivity index (χ4v) is 8.16. The van der Waals surface area contributed by atoms with Gasteiger partial charge in [0.2, 0.25) is 5.60 Å². The number of carbonyl (C=O) groups excluding carboxylic acids is 2. The monoisotopic (exact) mass is 458 g/mol. The molecule has 3 aliphatic heterocycles. The number of anilines is 1. The van der Waals surface area contributed by atoms with Crippen molar-refractivity contribution in [3.05, 3.63) is 23.8 Å². The summed E-state index contributed by atoms with van der Waals surface area (Å²) in [5, 5.41) is 12.5. The zero-order chi connectivity index (χ0) is 23.8. The molecule has 2 saturated heterocycles. The van der Waals surface area contributed by atoms with Crippen LogP contribution in [0.2, 0.25) is 0 Å². The third-order valence-corrected chi connectivity index (χ3v) is 9.05. The van der Waals surface area contributed by atoms with Gasteiger partial charge in [0.05, 0.1) is 20.3 Å². The van der Waals surface area contributed by atoms with Crippen molar-refractivity contribution >= 4 is 17.6 Å². The molecule has 5 rings (SSSR count). The Morgan fingerprint density at radius 2 is 1.94 bits per heavy atom. The van der Waals surface area contributed by atoms with E-state index in [1.54, 1.807) is 7.11 Å². The molecule has 1 aliphatic carbocycles. The summed E-state index contributed by atoms with van der Waals surface area (Å²) >= 11 is 0. The number of ether oxygens (including phenoxy) is 3. The Morgan fingerprint density at radius 1 is 1.18 bits per heavy atom. The number of rotatable bonds is 4. The summed E-state index contributed by atoms with van der Waals surface area (Å²) < 4.78 is 16.7. The third kappa shape index (κ3) is 2.54. The maximum atomic E-state index is 13.5. The van der Waals surface area contributed by atoms with Crippen molar-refractivity contribution in [1.82, 2.24) is 4.90 Å². The van der Waals surface area contributed by atoms with Gasteiger partial charge in [-0.25, -0.2) is 4.79 Å². The van der Waals surface area contributed by atoms with Gasteiger partial charge in [0.1, 0.15) is 5.75 Å². The minimum atomic E-state index is -2.03. The minimum absolute atomic E-state index is 0.0279. The van der Waals surface area contributed by atoms with E-state index in [0.717, 1.165) is 43.6 Å². The lowest BCUT2D eigenvalue weighted by molar-refractivity contribution is -0.242. The van der Waals surface area contributed by atoms with Crippen molar-refractivity contribution in [2.24, 2.45) is 5.41 Å². The first-order valence-electron chi connectivity index (χ1n) is 11.9. The van der Waals surface area contributed by atoms with Crippen LogP contribution in [0.1, 0.15) is 45.1 Å². The van der Waals surface area contributed by atoms with E-state index in [2.05, 4.69) is 17.9 Å². The van der Waals surface area contributed by atoms with Crippen LogP contribution in [0.25, 0.3) is 0 Å². The van der Waals surface area contributed by atoms with Crippen LogP contribution in [0.5, 0.6) is 5.75 Å². The van der Waals surface area contributed by atoms with E-state index >= 15 is 0 Å². The van der Waals surface area contributed by atoms with Gasteiger partial charge < -0.3 is 24.2 Å². The highest BCUT2D eigenvalue weighted by Gasteiger charge is 2.80. The van der Waals surface area contributed by atoms with Crippen LogP contribution >= 0.6 is 0 Å². The van der Waals surface area contributed by atoms with Crippen molar-refractivity contribution < 1.29 is 28.9 Å². The number of piperidine rings is 1. The number of carbonyl (C=O) groups is 2. The molecule has 1 unspecified atom stereocenters. The standard InChI is InChI=1S/C25H34N2O6/c1-6-23-10-7-12-27-13-11-24(19(23)27)17-9-8-16(31-4)14-18(17)26(3)20(24)25(30,22(29)32-5)21(23)33-15(2)28/h8-9,14,19-21,30H,6-7,10-13H2,1-5H3/t19-,20+,21+,23+,24?,25-/m0/s1. The summed E-state index contributed by atoms with van der Waals surface area (Å²) in [7, 11) is 4.82. The minimum Gasteiger partial charge on any atom is -0.497 e. The fraction of sp³-hybridized carbons (Fsp3) is 0.680. The lowest BCUT2D eigenvalue weighted by atomic mass is 9.46. The molecule has 0 bridgehead atoms. The van der Waals surface area contributed by atoms with Crippen molar-refractivity contribution in [3.8, 4) is 5.75 Å². The Hall–Kier alpha value is -2.32. The number of likely N-dealkylation sites (N-methyl/N-ethyl adjacent to an activating group) is 1. The second-order valence-corrected chi connectivity index (χ2v) is 10.1. The predicted octanol–water partition coefficient (Wildman–Crippen LogP) is 1.87. The highest BCUT2D eigenvalue weighted by Crippen LogP contribution is 2.68. The van der Waals surface area contributed by atoms with Gasteiger partial charge in [-0.1, -0.05) is 13.0 Å². The van der Waals surface area contributed by atoms with E-state index in [0.29, 0.717) is 12.2 Å². The molecule has 1 spiro atoms. The first kappa shape index (κ1) is 22.5. The number of benzene rings is 1. The first-order chi connectivity index (χ1) is 15.7. The van der Waals surface area contributed by atoms with Gasteiger partial charge in [0, 0.05) is 42.6 Å². The Balaban J connectivity index is 1.84. The zero-order valence-electron chi connectivity index (χ0n) is 20.1. The predicted molar refractivity (Wildman–Crippen MR) is 121 cm³/mol. The Bertz CT molecular complexity index is 999. The van der Waals surface area contributed by atoms with Crippen LogP contribution in [-0.2, 0) is 24.5 Å².